The van der Waals surface area contributed by atoms with Crippen molar-refractivity contribution >= 4 is 0 Å². The number of rotatable bonds is 6. The van der Waals surface area contributed by atoms with Crippen molar-refractivity contribution in [2.75, 3.05) is 32.9 Å². The second-order valence-electron chi connectivity index (χ2n) is 4.19. The van der Waals surface area contributed by atoms with E-state index in [9.17, 15) is 0 Å². The van der Waals surface area contributed by atoms with Crippen LogP contribution in [0.3, 0.4) is 0 Å². The molecule has 0 amide bonds. The van der Waals surface area contributed by atoms with E-state index in [0.29, 0.717) is 6.10 Å². The molecule has 0 spiro atoms. The molecule has 0 aromatic rings. The summed E-state index contributed by atoms with van der Waals surface area (Å²) in [5, 5.41) is 3.35. The second-order valence-corrected chi connectivity index (χ2v) is 4.19. The molecule has 1 aliphatic rings. The summed E-state index contributed by atoms with van der Waals surface area (Å²) in [4.78, 5) is 0. The predicted octanol–water partition coefficient (Wildman–Crippen LogP) is 1.43. The smallest absolute Gasteiger partial charge is 0.0703 e. The first kappa shape index (κ1) is 12.0. The van der Waals surface area contributed by atoms with Crippen molar-refractivity contribution < 1.29 is 9.47 Å². The van der Waals surface area contributed by atoms with Gasteiger partial charge >= 0.3 is 0 Å². The first-order valence-corrected chi connectivity index (χ1v) is 5.69. The lowest BCUT2D eigenvalue weighted by Gasteiger charge is -2.22. The standard InChI is InChI=1S/C11H23NO2/c1-10(2)14-8-7-13-9-11-3-5-12-6-4-11/h10-12H,3-9H2,1-2H3. The summed E-state index contributed by atoms with van der Waals surface area (Å²) in [7, 11) is 0. The predicted molar refractivity (Wildman–Crippen MR) is 57.5 cm³/mol. The van der Waals surface area contributed by atoms with Gasteiger partial charge in [-0.1, -0.05) is 0 Å². The minimum absolute atomic E-state index is 0.317. The van der Waals surface area contributed by atoms with Crippen LogP contribution in [0, 0.1) is 5.92 Å². The molecule has 1 rings (SSSR count). The SMILES string of the molecule is CC(C)OCCOCC1CCNCC1. The molecule has 84 valence electrons. The van der Waals surface area contributed by atoms with E-state index in [2.05, 4.69) is 5.32 Å². The molecular formula is C11H23NO2. The molecule has 1 aliphatic heterocycles. The fourth-order valence-corrected chi connectivity index (χ4v) is 1.64. The molecule has 0 aromatic heterocycles. The quantitative estimate of drug-likeness (QED) is 0.659. The summed E-state index contributed by atoms with van der Waals surface area (Å²) >= 11 is 0. The molecule has 1 fully saturated rings. The van der Waals surface area contributed by atoms with E-state index in [4.69, 9.17) is 9.47 Å². The van der Waals surface area contributed by atoms with Gasteiger partial charge in [-0.2, -0.15) is 0 Å². The minimum Gasteiger partial charge on any atom is -0.379 e. The van der Waals surface area contributed by atoms with Gasteiger partial charge in [0.1, 0.15) is 0 Å². The number of ether oxygens (including phenoxy) is 2. The summed E-state index contributed by atoms with van der Waals surface area (Å²) in [5.41, 5.74) is 0. The first-order valence-electron chi connectivity index (χ1n) is 5.69. The number of hydrogen-bond donors (Lipinski definition) is 1. The van der Waals surface area contributed by atoms with E-state index in [0.717, 1.165) is 38.8 Å². The van der Waals surface area contributed by atoms with E-state index in [1.807, 2.05) is 13.8 Å². The molecule has 0 unspecified atom stereocenters. The van der Waals surface area contributed by atoms with Crippen molar-refractivity contribution in [1.29, 1.82) is 0 Å². The lowest BCUT2D eigenvalue weighted by atomic mass is 9.99. The van der Waals surface area contributed by atoms with Crippen molar-refractivity contribution in [2.45, 2.75) is 32.8 Å². The van der Waals surface area contributed by atoms with Gasteiger partial charge in [0.2, 0.25) is 0 Å². The zero-order valence-electron chi connectivity index (χ0n) is 9.42. The Balaban J connectivity index is 1.87. The molecule has 1 heterocycles. The Bertz CT molecular complexity index is 133. The van der Waals surface area contributed by atoms with Crippen molar-refractivity contribution in [3.05, 3.63) is 0 Å². The summed E-state index contributed by atoms with van der Waals surface area (Å²) in [6.45, 7) is 8.76. The maximum Gasteiger partial charge on any atom is 0.0703 e. The second kappa shape index (κ2) is 7.21. The van der Waals surface area contributed by atoms with Crippen LogP contribution in [0.15, 0.2) is 0 Å². The maximum atomic E-state index is 5.57. The van der Waals surface area contributed by atoms with Crippen LogP contribution in [0.25, 0.3) is 0 Å². The average Bonchev–Trinajstić information content (AvgIpc) is 2.18. The van der Waals surface area contributed by atoms with Crippen molar-refractivity contribution in [1.82, 2.24) is 5.32 Å². The maximum absolute atomic E-state index is 5.57. The molecule has 0 aromatic carbocycles. The molecule has 1 N–H and O–H groups in total. The van der Waals surface area contributed by atoms with Gasteiger partial charge in [0.15, 0.2) is 0 Å². The Labute approximate surface area is 87.2 Å². The lowest BCUT2D eigenvalue weighted by Crippen LogP contribution is -2.30. The summed E-state index contributed by atoms with van der Waals surface area (Å²) < 4.78 is 11.0. The monoisotopic (exact) mass is 201 g/mol. The molecular weight excluding hydrogens is 178 g/mol. The van der Waals surface area contributed by atoms with Gasteiger partial charge < -0.3 is 14.8 Å². The highest BCUT2D eigenvalue weighted by Crippen LogP contribution is 2.11. The highest BCUT2D eigenvalue weighted by Gasteiger charge is 2.12. The topological polar surface area (TPSA) is 30.5 Å². The highest BCUT2D eigenvalue weighted by molar-refractivity contribution is 4.67. The van der Waals surface area contributed by atoms with E-state index < -0.39 is 0 Å². The van der Waals surface area contributed by atoms with Gasteiger partial charge in [0, 0.05) is 6.61 Å². The normalized spacial score (nSPS) is 19.1. The van der Waals surface area contributed by atoms with Crippen LogP contribution >= 0.6 is 0 Å². The van der Waals surface area contributed by atoms with Gasteiger partial charge in [-0.25, -0.2) is 0 Å². The third-order valence-electron chi connectivity index (χ3n) is 2.49. The van der Waals surface area contributed by atoms with Gasteiger partial charge in [0.25, 0.3) is 0 Å². The number of hydrogen-bond acceptors (Lipinski definition) is 3. The minimum atomic E-state index is 0.317. The number of piperidine rings is 1. The lowest BCUT2D eigenvalue weighted by molar-refractivity contribution is 0.00688. The summed E-state index contributed by atoms with van der Waals surface area (Å²) in [5.74, 6) is 0.760. The van der Waals surface area contributed by atoms with Crippen molar-refractivity contribution in [2.24, 2.45) is 5.92 Å². The van der Waals surface area contributed by atoms with Crippen LogP contribution in [0.4, 0.5) is 0 Å². The van der Waals surface area contributed by atoms with Crippen LogP contribution in [-0.2, 0) is 9.47 Å². The molecule has 0 atom stereocenters. The summed E-state index contributed by atoms with van der Waals surface area (Å²) in [6.07, 6.45) is 2.83. The number of nitrogens with one attached hydrogen (secondary N) is 1. The molecule has 3 nitrogen and oxygen atoms in total. The van der Waals surface area contributed by atoms with Gasteiger partial charge in [-0.15, -0.1) is 0 Å². The third kappa shape index (κ3) is 5.58. The zero-order chi connectivity index (χ0) is 10.2. The fourth-order valence-electron chi connectivity index (χ4n) is 1.64. The van der Waals surface area contributed by atoms with Gasteiger partial charge in [-0.05, 0) is 45.7 Å². The van der Waals surface area contributed by atoms with E-state index in [-0.39, 0.29) is 0 Å². The van der Waals surface area contributed by atoms with Gasteiger partial charge in [-0.3, -0.25) is 0 Å². The Kier molecular flexibility index (Phi) is 6.15. The Morgan fingerprint density at radius 2 is 1.93 bits per heavy atom. The molecule has 0 saturated carbocycles. The van der Waals surface area contributed by atoms with E-state index >= 15 is 0 Å². The van der Waals surface area contributed by atoms with Crippen molar-refractivity contribution in [3.63, 3.8) is 0 Å². The van der Waals surface area contributed by atoms with Crippen LogP contribution in [0.5, 0.6) is 0 Å². The van der Waals surface area contributed by atoms with Crippen LogP contribution in [0.2, 0.25) is 0 Å². The molecule has 0 bridgehead atoms. The Hall–Kier alpha value is -0.120. The summed E-state index contributed by atoms with van der Waals surface area (Å²) in [6, 6.07) is 0. The van der Waals surface area contributed by atoms with Crippen LogP contribution in [0.1, 0.15) is 26.7 Å². The Morgan fingerprint density at radius 3 is 2.57 bits per heavy atom. The fraction of sp³-hybridized carbons (Fsp3) is 1.00. The van der Waals surface area contributed by atoms with Crippen LogP contribution in [-0.4, -0.2) is 39.0 Å². The third-order valence-corrected chi connectivity index (χ3v) is 2.49. The molecule has 0 aliphatic carbocycles. The van der Waals surface area contributed by atoms with Crippen molar-refractivity contribution in [3.8, 4) is 0 Å². The van der Waals surface area contributed by atoms with Gasteiger partial charge in [0.05, 0.1) is 19.3 Å². The molecule has 14 heavy (non-hydrogen) atoms. The van der Waals surface area contributed by atoms with E-state index in [1.165, 1.54) is 12.8 Å². The average molecular weight is 201 g/mol. The van der Waals surface area contributed by atoms with Crippen LogP contribution < -0.4 is 5.32 Å². The largest absolute Gasteiger partial charge is 0.379 e. The Morgan fingerprint density at radius 1 is 1.21 bits per heavy atom. The zero-order valence-corrected chi connectivity index (χ0v) is 9.42. The first-order chi connectivity index (χ1) is 6.79. The molecule has 3 heteroatoms. The highest BCUT2D eigenvalue weighted by atomic mass is 16.5. The van der Waals surface area contributed by atoms with E-state index in [1.54, 1.807) is 0 Å². The molecule has 0 radical (unpaired) electrons. The molecule has 1 saturated heterocycles.